The van der Waals surface area contributed by atoms with E-state index in [0.717, 1.165) is 42.5 Å². The number of rotatable bonds is 4. The number of benzene rings is 2. The number of furan rings is 1. The van der Waals surface area contributed by atoms with Gasteiger partial charge in [-0.05, 0) is 49.1 Å². The van der Waals surface area contributed by atoms with Gasteiger partial charge in [0, 0.05) is 30.0 Å². The van der Waals surface area contributed by atoms with Crippen LogP contribution in [0.15, 0.2) is 52.9 Å². The number of para-hydroxylation sites is 1. The van der Waals surface area contributed by atoms with Crippen molar-refractivity contribution in [3.05, 3.63) is 64.9 Å². The molecule has 1 aliphatic rings. The summed E-state index contributed by atoms with van der Waals surface area (Å²) in [4.78, 5) is 24.3. The fourth-order valence-electron chi connectivity index (χ4n) is 3.91. The summed E-state index contributed by atoms with van der Waals surface area (Å²) in [6.07, 6.45) is 3.40. The number of nitrogens with zero attached hydrogens (tertiary/aromatic N) is 3. The lowest BCUT2D eigenvalue weighted by Gasteiger charge is -2.27. The van der Waals surface area contributed by atoms with Gasteiger partial charge in [0.05, 0.1) is 0 Å². The first-order valence-electron chi connectivity index (χ1n) is 10.2. The molecule has 0 atom stereocenters. The van der Waals surface area contributed by atoms with Crippen molar-refractivity contribution in [1.29, 1.82) is 0 Å². The fraction of sp³-hybridized carbons (Fsp3) is 0.261. The SMILES string of the molecule is O=C(NCc1cccc(Cl)c1)c1nc(N2CCCCC2)c2oc3ccccc3c2n1. The maximum atomic E-state index is 12.9. The molecule has 2 aromatic heterocycles. The normalized spacial score (nSPS) is 14.4. The van der Waals surface area contributed by atoms with Gasteiger partial charge < -0.3 is 14.6 Å². The Bertz CT molecular complexity index is 1230. The number of carbonyl (C=O) groups excluding carboxylic acids is 1. The van der Waals surface area contributed by atoms with Crippen LogP contribution in [0.2, 0.25) is 5.02 Å². The second-order valence-corrected chi connectivity index (χ2v) is 7.94. The number of anilines is 1. The Morgan fingerprint density at radius 3 is 2.73 bits per heavy atom. The predicted molar refractivity (Wildman–Crippen MR) is 118 cm³/mol. The van der Waals surface area contributed by atoms with Crippen molar-refractivity contribution in [1.82, 2.24) is 15.3 Å². The molecule has 1 N–H and O–H groups in total. The Balaban J connectivity index is 1.54. The third kappa shape index (κ3) is 3.59. The first-order valence-corrected chi connectivity index (χ1v) is 10.5. The molecule has 1 fully saturated rings. The van der Waals surface area contributed by atoms with Gasteiger partial charge >= 0.3 is 0 Å². The lowest BCUT2D eigenvalue weighted by atomic mass is 10.1. The quantitative estimate of drug-likeness (QED) is 0.505. The Morgan fingerprint density at radius 1 is 1.07 bits per heavy atom. The number of aromatic nitrogens is 2. The molecule has 1 saturated heterocycles. The van der Waals surface area contributed by atoms with E-state index in [9.17, 15) is 4.79 Å². The number of amides is 1. The van der Waals surface area contributed by atoms with Gasteiger partial charge in [-0.1, -0.05) is 35.9 Å². The van der Waals surface area contributed by atoms with E-state index in [4.69, 9.17) is 16.0 Å². The van der Waals surface area contributed by atoms with Crippen LogP contribution in [0.1, 0.15) is 35.4 Å². The maximum absolute atomic E-state index is 12.9. The van der Waals surface area contributed by atoms with Crippen molar-refractivity contribution in [2.45, 2.75) is 25.8 Å². The summed E-state index contributed by atoms with van der Waals surface area (Å²) in [5.74, 6) is 0.529. The molecule has 1 aliphatic heterocycles. The van der Waals surface area contributed by atoms with Crippen molar-refractivity contribution >= 4 is 45.4 Å². The first kappa shape index (κ1) is 18.9. The van der Waals surface area contributed by atoms with Gasteiger partial charge in [0.15, 0.2) is 11.4 Å². The van der Waals surface area contributed by atoms with E-state index in [1.165, 1.54) is 6.42 Å². The van der Waals surface area contributed by atoms with Crippen LogP contribution < -0.4 is 10.2 Å². The molecule has 0 radical (unpaired) electrons. The van der Waals surface area contributed by atoms with E-state index in [2.05, 4.69) is 20.2 Å². The number of piperidine rings is 1. The number of hydrogen-bond acceptors (Lipinski definition) is 5. The maximum Gasteiger partial charge on any atom is 0.289 e. The van der Waals surface area contributed by atoms with Crippen LogP contribution >= 0.6 is 11.6 Å². The monoisotopic (exact) mass is 420 g/mol. The lowest BCUT2D eigenvalue weighted by molar-refractivity contribution is 0.0941. The number of hydrogen-bond donors (Lipinski definition) is 1. The van der Waals surface area contributed by atoms with Gasteiger partial charge in [-0.2, -0.15) is 0 Å². The number of halogens is 1. The molecule has 4 aromatic rings. The van der Waals surface area contributed by atoms with Crippen molar-refractivity contribution in [2.75, 3.05) is 18.0 Å². The van der Waals surface area contributed by atoms with E-state index >= 15 is 0 Å². The minimum absolute atomic E-state index is 0.150. The molecule has 7 heteroatoms. The topological polar surface area (TPSA) is 71.3 Å². The van der Waals surface area contributed by atoms with E-state index in [-0.39, 0.29) is 11.7 Å². The first-order chi connectivity index (χ1) is 14.7. The second-order valence-electron chi connectivity index (χ2n) is 7.51. The van der Waals surface area contributed by atoms with Gasteiger partial charge in [0.2, 0.25) is 5.82 Å². The molecular formula is C23H21ClN4O2. The van der Waals surface area contributed by atoms with Gasteiger partial charge in [0.25, 0.3) is 5.91 Å². The number of nitrogens with one attached hydrogen (secondary N) is 1. The summed E-state index contributed by atoms with van der Waals surface area (Å²) in [6.45, 7) is 2.14. The van der Waals surface area contributed by atoms with Crippen molar-refractivity contribution in [2.24, 2.45) is 0 Å². The molecule has 1 amide bonds. The van der Waals surface area contributed by atoms with E-state index in [1.54, 1.807) is 6.07 Å². The summed E-state index contributed by atoms with van der Waals surface area (Å²) in [6, 6.07) is 15.2. The molecule has 0 saturated carbocycles. The Kier molecular flexibility index (Phi) is 5.01. The predicted octanol–water partition coefficient (Wildman–Crippen LogP) is 4.95. The van der Waals surface area contributed by atoms with Gasteiger partial charge in [-0.25, -0.2) is 9.97 Å². The average molecular weight is 421 g/mol. The summed E-state index contributed by atoms with van der Waals surface area (Å²) in [7, 11) is 0. The molecule has 0 bridgehead atoms. The Labute approximate surface area is 178 Å². The fourth-order valence-corrected chi connectivity index (χ4v) is 4.12. The standard InChI is InChI=1S/C23H21ClN4O2/c24-16-8-6-7-15(13-16)14-25-23(29)21-26-19-17-9-2-3-10-18(17)30-20(19)22(27-21)28-11-4-1-5-12-28/h2-3,6-10,13H,1,4-5,11-12,14H2,(H,25,29). The van der Waals surface area contributed by atoms with Crippen LogP contribution in [-0.2, 0) is 6.54 Å². The minimum Gasteiger partial charge on any atom is -0.450 e. The summed E-state index contributed by atoms with van der Waals surface area (Å²) < 4.78 is 6.10. The molecule has 0 spiro atoms. The van der Waals surface area contributed by atoms with Gasteiger partial charge in [-0.3, -0.25) is 4.79 Å². The summed E-state index contributed by atoms with van der Waals surface area (Å²) >= 11 is 6.04. The van der Waals surface area contributed by atoms with Crippen LogP contribution in [0.3, 0.4) is 0 Å². The van der Waals surface area contributed by atoms with Crippen molar-refractivity contribution in [3.63, 3.8) is 0 Å². The zero-order valence-corrected chi connectivity index (χ0v) is 17.2. The van der Waals surface area contributed by atoms with Crippen LogP contribution in [0.4, 0.5) is 5.82 Å². The minimum atomic E-state index is -0.319. The number of fused-ring (bicyclic) bond motifs is 3. The molecule has 2 aromatic carbocycles. The molecule has 5 rings (SSSR count). The second kappa shape index (κ2) is 7.95. The van der Waals surface area contributed by atoms with Gasteiger partial charge in [0.1, 0.15) is 11.1 Å². The van der Waals surface area contributed by atoms with E-state index < -0.39 is 0 Å². The highest BCUT2D eigenvalue weighted by molar-refractivity contribution is 6.30. The molecule has 0 aliphatic carbocycles. The third-order valence-electron chi connectivity index (χ3n) is 5.40. The lowest BCUT2D eigenvalue weighted by Crippen LogP contribution is -2.32. The van der Waals surface area contributed by atoms with Crippen molar-refractivity contribution < 1.29 is 9.21 Å². The molecule has 6 nitrogen and oxygen atoms in total. The number of carbonyl (C=O) groups is 1. The average Bonchev–Trinajstić information content (AvgIpc) is 3.16. The zero-order chi connectivity index (χ0) is 20.5. The summed E-state index contributed by atoms with van der Waals surface area (Å²) in [5.41, 5.74) is 2.98. The van der Waals surface area contributed by atoms with Gasteiger partial charge in [-0.15, -0.1) is 0 Å². The van der Waals surface area contributed by atoms with Crippen LogP contribution in [0.5, 0.6) is 0 Å². The Hall–Kier alpha value is -3.12. The highest BCUT2D eigenvalue weighted by Gasteiger charge is 2.23. The Morgan fingerprint density at radius 2 is 1.90 bits per heavy atom. The van der Waals surface area contributed by atoms with Crippen LogP contribution in [-0.4, -0.2) is 29.0 Å². The van der Waals surface area contributed by atoms with Crippen LogP contribution in [0.25, 0.3) is 22.1 Å². The molecule has 30 heavy (non-hydrogen) atoms. The van der Waals surface area contributed by atoms with E-state index in [0.29, 0.717) is 28.5 Å². The van der Waals surface area contributed by atoms with E-state index in [1.807, 2.05) is 42.5 Å². The van der Waals surface area contributed by atoms with Crippen LogP contribution in [0, 0.1) is 0 Å². The molecule has 152 valence electrons. The smallest absolute Gasteiger partial charge is 0.289 e. The summed E-state index contributed by atoms with van der Waals surface area (Å²) in [5, 5.41) is 4.43. The third-order valence-corrected chi connectivity index (χ3v) is 5.64. The zero-order valence-electron chi connectivity index (χ0n) is 16.4. The largest absolute Gasteiger partial charge is 0.450 e. The molecule has 0 unspecified atom stereocenters. The highest BCUT2D eigenvalue weighted by Crippen LogP contribution is 2.33. The molecule has 3 heterocycles. The van der Waals surface area contributed by atoms with Crippen molar-refractivity contribution in [3.8, 4) is 0 Å². The highest BCUT2D eigenvalue weighted by atomic mass is 35.5. The molecular weight excluding hydrogens is 400 g/mol.